The molecule has 2 unspecified atom stereocenters. The first kappa shape index (κ1) is 23.3. The molecule has 1 aliphatic heterocycles. The molecule has 0 radical (unpaired) electrons. The molecule has 1 saturated heterocycles. The summed E-state index contributed by atoms with van der Waals surface area (Å²) in [6.07, 6.45) is 1.62. The first-order valence-electron chi connectivity index (χ1n) is 10.2. The third kappa shape index (κ3) is 6.28. The quantitative estimate of drug-likeness (QED) is 0.456. The van der Waals surface area contributed by atoms with E-state index in [-0.39, 0.29) is 5.92 Å². The van der Waals surface area contributed by atoms with E-state index in [9.17, 15) is 5.11 Å². The largest absolute Gasteiger partial charge is 0.385 e. The number of alkyl halides is 1. The number of hydrogen-bond acceptors (Lipinski definition) is 3. The Hall–Kier alpha value is -0.950. The molecule has 4 heteroatoms. The van der Waals surface area contributed by atoms with Gasteiger partial charge in [0.05, 0.1) is 5.60 Å². The predicted molar refractivity (Wildman–Crippen MR) is 128 cm³/mol. The molecule has 3 nitrogen and oxygen atoms in total. The van der Waals surface area contributed by atoms with E-state index in [0.29, 0.717) is 0 Å². The van der Waals surface area contributed by atoms with Crippen LogP contribution in [0.2, 0.25) is 0 Å². The molecule has 0 saturated carbocycles. The minimum absolute atomic E-state index is 0.167. The zero-order valence-corrected chi connectivity index (χ0v) is 19.7. The highest BCUT2D eigenvalue weighted by atomic mass is 127. The molecular weight excluding hydrogens is 459 g/mol. The van der Waals surface area contributed by atoms with Crippen molar-refractivity contribution in [3.63, 3.8) is 0 Å². The summed E-state index contributed by atoms with van der Waals surface area (Å²) in [4.78, 5) is 6.88. The lowest BCUT2D eigenvalue weighted by molar-refractivity contribution is -0.0444. The summed E-state index contributed by atoms with van der Waals surface area (Å²) in [7, 11) is 2.19. The van der Waals surface area contributed by atoms with Gasteiger partial charge >= 0.3 is 0 Å². The van der Waals surface area contributed by atoms with Gasteiger partial charge in [0.1, 0.15) is 0 Å². The van der Waals surface area contributed by atoms with Crippen molar-refractivity contribution < 1.29 is 5.11 Å². The zero-order valence-electron chi connectivity index (χ0n) is 17.5. The average molecular weight is 494 g/mol. The SMILES string of the molecule is CCC(O)(c1ccccc1)C(Cc1ccccc1)CN1CCN(C)CC1.CI. The van der Waals surface area contributed by atoms with E-state index in [4.69, 9.17) is 0 Å². The topological polar surface area (TPSA) is 26.7 Å². The van der Waals surface area contributed by atoms with Crippen LogP contribution in [0.4, 0.5) is 0 Å². The lowest BCUT2D eigenvalue weighted by Crippen LogP contribution is -2.50. The molecule has 0 bridgehead atoms. The van der Waals surface area contributed by atoms with Gasteiger partial charge < -0.3 is 14.9 Å². The number of halogens is 1. The van der Waals surface area contributed by atoms with Crippen LogP contribution in [0.15, 0.2) is 60.7 Å². The normalized spacial score (nSPS) is 18.6. The highest BCUT2D eigenvalue weighted by molar-refractivity contribution is 14.1. The Kier molecular flexibility index (Phi) is 9.92. The van der Waals surface area contributed by atoms with Crippen molar-refractivity contribution in [3.05, 3.63) is 71.8 Å². The Morgan fingerprint density at radius 2 is 1.46 bits per heavy atom. The van der Waals surface area contributed by atoms with Crippen molar-refractivity contribution >= 4 is 22.6 Å². The van der Waals surface area contributed by atoms with Crippen molar-refractivity contribution in [3.8, 4) is 0 Å². The smallest absolute Gasteiger partial charge is 0.0937 e. The zero-order chi connectivity index (χ0) is 20.4. The summed E-state index contributed by atoms with van der Waals surface area (Å²) in [5.74, 6) is 0.167. The summed E-state index contributed by atoms with van der Waals surface area (Å²) in [5, 5.41) is 11.8. The van der Waals surface area contributed by atoms with Gasteiger partial charge in [-0.05, 0) is 35.9 Å². The number of hydrogen-bond donors (Lipinski definition) is 1. The van der Waals surface area contributed by atoms with Crippen molar-refractivity contribution in [2.24, 2.45) is 5.92 Å². The number of aliphatic hydroxyl groups is 1. The summed E-state index contributed by atoms with van der Waals surface area (Å²) in [6.45, 7) is 7.41. The van der Waals surface area contributed by atoms with Gasteiger partial charge in [-0.25, -0.2) is 0 Å². The number of rotatable bonds is 7. The van der Waals surface area contributed by atoms with Crippen LogP contribution >= 0.6 is 22.6 Å². The maximum atomic E-state index is 11.8. The van der Waals surface area contributed by atoms with Crippen LogP contribution in [0, 0.1) is 5.92 Å². The number of nitrogens with zero attached hydrogens (tertiary/aromatic N) is 2. The molecule has 0 amide bonds. The molecule has 2 atom stereocenters. The van der Waals surface area contributed by atoms with Crippen LogP contribution in [0.25, 0.3) is 0 Å². The van der Waals surface area contributed by atoms with Gasteiger partial charge in [-0.2, -0.15) is 0 Å². The molecule has 154 valence electrons. The van der Waals surface area contributed by atoms with Crippen LogP contribution in [-0.4, -0.2) is 59.6 Å². The fourth-order valence-electron chi connectivity index (χ4n) is 4.08. The van der Waals surface area contributed by atoms with Crippen LogP contribution in [-0.2, 0) is 12.0 Å². The molecule has 1 fully saturated rings. The second kappa shape index (κ2) is 11.9. The lowest BCUT2D eigenvalue weighted by Gasteiger charge is -2.41. The number of piperazine rings is 1. The molecule has 0 spiro atoms. The summed E-state index contributed by atoms with van der Waals surface area (Å²) < 4.78 is 0. The van der Waals surface area contributed by atoms with Crippen molar-refractivity contribution in [1.82, 2.24) is 9.80 Å². The fraction of sp³-hybridized carbons (Fsp3) is 0.500. The van der Waals surface area contributed by atoms with Crippen molar-refractivity contribution in [1.29, 1.82) is 0 Å². The standard InChI is InChI=1S/C23H32N2O.CH3I/c1-3-23(26,21-12-8-5-9-13-21)22(18-20-10-6-4-7-11-20)19-25-16-14-24(2)15-17-25;1-2/h4-13,22,26H,3,14-19H2,1-2H3;1H3. The molecule has 1 heterocycles. The number of benzene rings is 2. The average Bonchev–Trinajstić information content (AvgIpc) is 2.77. The highest BCUT2D eigenvalue weighted by Gasteiger charge is 2.38. The van der Waals surface area contributed by atoms with E-state index < -0.39 is 5.60 Å². The second-order valence-electron chi connectivity index (χ2n) is 7.63. The van der Waals surface area contributed by atoms with Crippen molar-refractivity contribution in [2.45, 2.75) is 25.4 Å². The Balaban J connectivity index is 0.00000136. The van der Waals surface area contributed by atoms with E-state index in [1.807, 2.05) is 23.1 Å². The maximum Gasteiger partial charge on any atom is 0.0937 e. The molecule has 2 aromatic carbocycles. The third-order valence-corrected chi connectivity index (χ3v) is 5.89. The first-order valence-corrected chi connectivity index (χ1v) is 12.4. The van der Waals surface area contributed by atoms with Gasteiger partial charge in [0.25, 0.3) is 0 Å². The predicted octanol–water partition coefficient (Wildman–Crippen LogP) is 4.44. The minimum Gasteiger partial charge on any atom is -0.385 e. The Morgan fingerprint density at radius 3 is 2.00 bits per heavy atom. The van der Waals surface area contributed by atoms with Crippen LogP contribution in [0.5, 0.6) is 0 Å². The lowest BCUT2D eigenvalue weighted by atomic mass is 9.76. The molecule has 0 aromatic heterocycles. The van der Waals surface area contributed by atoms with Crippen LogP contribution in [0.1, 0.15) is 24.5 Å². The van der Waals surface area contributed by atoms with Gasteiger partial charge in [0, 0.05) is 38.6 Å². The maximum absolute atomic E-state index is 11.8. The molecule has 28 heavy (non-hydrogen) atoms. The third-order valence-electron chi connectivity index (χ3n) is 5.89. The van der Waals surface area contributed by atoms with Gasteiger partial charge in [0.15, 0.2) is 0 Å². The van der Waals surface area contributed by atoms with Crippen LogP contribution in [0.3, 0.4) is 0 Å². The Bertz CT molecular complexity index is 659. The summed E-state index contributed by atoms with van der Waals surface area (Å²) in [5.41, 5.74) is 1.53. The second-order valence-corrected chi connectivity index (χ2v) is 7.63. The van der Waals surface area contributed by atoms with Gasteiger partial charge in [-0.3, -0.25) is 0 Å². The van der Waals surface area contributed by atoms with Gasteiger partial charge in [-0.15, -0.1) is 0 Å². The van der Waals surface area contributed by atoms with Crippen LogP contribution < -0.4 is 0 Å². The van der Waals surface area contributed by atoms with E-state index >= 15 is 0 Å². The number of likely N-dealkylation sites (N-methyl/N-ethyl adjacent to an activating group) is 1. The van der Waals surface area contributed by atoms with E-state index in [1.165, 1.54) is 5.56 Å². The monoisotopic (exact) mass is 494 g/mol. The summed E-state index contributed by atoms with van der Waals surface area (Å²) in [6, 6.07) is 20.8. The molecule has 1 aliphatic rings. The highest BCUT2D eigenvalue weighted by Crippen LogP contribution is 2.36. The Morgan fingerprint density at radius 1 is 0.929 bits per heavy atom. The van der Waals surface area contributed by atoms with Gasteiger partial charge in [-0.1, -0.05) is 90.2 Å². The minimum atomic E-state index is -0.805. The van der Waals surface area contributed by atoms with E-state index in [2.05, 4.69) is 88.8 Å². The molecule has 2 aromatic rings. The Labute approximate surface area is 184 Å². The molecular formula is C24H35IN2O. The molecule has 3 rings (SSSR count). The fourth-order valence-corrected chi connectivity index (χ4v) is 4.08. The van der Waals surface area contributed by atoms with Gasteiger partial charge in [0.2, 0.25) is 0 Å². The summed E-state index contributed by atoms with van der Waals surface area (Å²) >= 11 is 2.15. The molecule has 1 N–H and O–H groups in total. The molecule has 0 aliphatic carbocycles. The van der Waals surface area contributed by atoms with Crippen molar-refractivity contribution in [2.75, 3.05) is 44.7 Å². The first-order chi connectivity index (χ1) is 13.6. The van der Waals surface area contributed by atoms with E-state index in [0.717, 1.165) is 51.1 Å². The van der Waals surface area contributed by atoms with E-state index in [1.54, 1.807) is 0 Å².